The van der Waals surface area contributed by atoms with Crippen LogP contribution in [0.15, 0.2) is 65.3 Å². The maximum Gasteiger partial charge on any atom is 0.252 e. The zero-order valence-corrected chi connectivity index (χ0v) is 21.7. The molecule has 0 spiro atoms. The second-order valence-corrected chi connectivity index (χ2v) is 11.6. The quantitative estimate of drug-likeness (QED) is 0.385. The van der Waals surface area contributed by atoms with Crippen LogP contribution < -0.4 is 4.90 Å². The van der Waals surface area contributed by atoms with Gasteiger partial charge in [0.25, 0.3) is 10.0 Å². The van der Waals surface area contributed by atoms with Crippen LogP contribution in [0.2, 0.25) is 5.02 Å². The van der Waals surface area contributed by atoms with Gasteiger partial charge in [-0.15, -0.1) is 23.7 Å². The predicted molar refractivity (Wildman–Crippen MR) is 141 cm³/mol. The highest BCUT2D eigenvalue weighted by atomic mass is 35.5. The molecule has 0 bridgehead atoms. The van der Waals surface area contributed by atoms with Crippen LogP contribution in [0.3, 0.4) is 0 Å². The standard InChI is InChI=1S/C23H22ClN5O3S2.ClH/c24-18-5-4-16-11-22(33-21(16)12-18)34(31,32)28-8-9-29(19(15-28)6-10-30)23-26-13-17(14-27-23)20-3-1-2-7-25-20;/h1-5,7,11-14,19,30H,6,8-10,15H2;1H. The summed E-state index contributed by atoms with van der Waals surface area (Å²) < 4.78 is 29.4. The molecule has 1 unspecified atom stereocenters. The van der Waals surface area contributed by atoms with Crippen LogP contribution in [-0.2, 0) is 10.0 Å². The van der Waals surface area contributed by atoms with Crippen molar-refractivity contribution in [1.29, 1.82) is 0 Å². The number of aromatic nitrogens is 3. The molecule has 1 aliphatic heterocycles. The predicted octanol–water partition coefficient (Wildman–Crippen LogP) is 4.09. The molecule has 5 rings (SSSR count). The van der Waals surface area contributed by atoms with Crippen molar-refractivity contribution in [3.8, 4) is 11.3 Å². The first-order valence-corrected chi connectivity index (χ1v) is 13.4. The number of anilines is 1. The maximum atomic E-state index is 13.4. The monoisotopic (exact) mass is 551 g/mol. The maximum absolute atomic E-state index is 13.4. The number of benzene rings is 1. The normalized spacial score (nSPS) is 16.9. The minimum atomic E-state index is -3.68. The highest BCUT2D eigenvalue weighted by Crippen LogP contribution is 2.34. The van der Waals surface area contributed by atoms with E-state index in [4.69, 9.17) is 11.6 Å². The van der Waals surface area contributed by atoms with Gasteiger partial charge in [0.2, 0.25) is 5.95 Å². The number of rotatable bonds is 6. The van der Waals surface area contributed by atoms with E-state index in [-0.39, 0.29) is 35.8 Å². The van der Waals surface area contributed by atoms with E-state index in [1.165, 1.54) is 15.6 Å². The first kappa shape index (κ1) is 25.7. The molecule has 4 heterocycles. The van der Waals surface area contributed by atoms with E-state index in [0.717, 1.165) is 21.3 Å². The lowest BCUT2D eigenvalue weighted by molar-refractivity contribution is 0.244. The van der Waals surface area contributed by atoms with E-state index in [0.29, 0.717) is 30.5 Å². The van der Waals surface area contributed by atoms with E-state index < -0.39 is 10.0 Å². The molecule has 0 saturated carbocycles. The minimum absolute atomic E-state index is 0. The van der Waals surface area contributed by atoms with Crippen LogP contribution in [0, 0.1) is 0 Å². The zero-order valence-electron chi connectivity index (χ0n) is 18.5. The van der Waals surface area contributed by atoms with E-state index in [1.807, 2.05) is 29.2 Å². The molecule has 0 radical (unpaired) electrons. The number of thiophene rings is 1. The molecule has 12 heteroatoms. The number of halogens is 2. The van der Waals surface area contributed by atoms with Crippen molar-refractivity contribution in [2.75, 3.05) is 31.1 Å². The van der Waals surface area contributed by atoms with Crippen LogP contribution in [0.5, 0.6) is 0 Å². The summed E-state index contributed by atoms with van der Waals surface area (Å²) >= 11 is 7.28. The van der Waals surface area contributed by atoms with E-state index in [2.05, 4.69) is 15.0 Å². The van der Waals surface area contributed by atoms with Gasteiger partial charge >= 0.3 is 0 Å². The van der Waals surface area contributed by atoms with Gasteiger partial charge in [0.05, 0.1) is 5.69 Å². The molecule has 0 aliphatic carbocycles. The minimum Gasteiger partial charge on any atom is -0.396 e. The molecule has 1 aromatic carbocycles. The molecule has 1 aliphatic rings. The summed E-state index contributed by atoms with van der Waals surface area (Å²) in [7, 11) is -3.68. The van der Waals surface area contributed by atoms with Crippen molar-refractivity contribution in [3.05, 3.63) is 66.1 Å². The Morgan fingerprint density at radius 1 is 1.09 bits per heavy atom. The molecule has 8 nitrogen and oxygen atoms in total. The van der Waals surface area contributed by atoms with Crippen molar-refractivity contribution in [2.24, 2.45) is 0 Å². The second kappa shape index (κ2) is 10.7. The van der Waals surface area contributed by atoms with Crippen molar-refractivity contribution < 1.29 is 13.5 Å². The summed E-state index contributed by atoms with van der Waals surface area (Å²) in [4.78, 5) is 15.3. The van der Waals surface area contributed by atoms with Gasteiger partial charge in [-0.2, -0.15) is 4.31 Å². The Labute approximate surface area is 218 Å². The van der Waals surface area contributed by atoms with Gasteiger partial charge in [0.15, 0.2) is 0 Å². The van der Waals surface area contributed by atoms with Gasteiger partial charge in [-0.1, -0.05) is 23.7 Å². The molecule has 1 fully saturated rings. The Balaban J connectivity index is 0.00000289. The lowest BCUT2D eigenvalue weighted by atomic mass is 10.1. The number of hydrogen-bond donors (Lipinski definition) is 1. The van der Waals surface area contributed by atoms with Gasteiger partial charge in [0, 0.05) is 66.2 Å². The Morgan fingerprint density at radius 2 is 1.89 bits per heavy atom. The molecule has 35 heavy (non-hydrogen) atoms. The van der Waals surface area contributed by atoms with Crippen LogP contribution >= 0.6 is 35.3 Å². The number of pyridine rings is 1. The first-order valence-electron chi connectivity index (χ1n) is 10.8. The van der Waals surface area contributed by atoms with Crippen molar-refractivity contribution in [1.82, 2.24) is 19.3 Å². The van der Waals surface area contributed by atoms with Crippen LogP contribution in [-0.4, -0.2) is 65.1 Å². The Kier molecular flexibility index (Phi) is 7.89. The average Bonchev–Trinajstić information content (AvgIpc) is 3.29. The lowest BCUT2D eigenvalue weighted by Gasteiger charge is -2.40. The number of aliphatic hydroxyl groups is 1. The molecule has 3 aromatic heterocycles. The molecule has 0 amide bonds. The number of fused-ring (bicyclic) bond motifs is 1. The largest absolute Gasteiger partial charge is 0.396 e. The Morgan fingerprint density at radius 3 is 2.60 bits per heavy atom. The van der Waals surface area contributed by atoms with Crippen LogP contribution in [0.4, 0.5) is 5.95 Å². The molecule has 1 saturated heterocycles. The van der Waals surface area contributed by atoms with Crippen LogP contribution in [0.25, 0.3) is 21.3 Å². The third-order valence-corrected chi connectivity index (χ3v) is 9.46. The van der Waals surface area contributed by atoms with Crippen LogP contribution in [0.1, 0.15) is 6.42 Å². The second-order valence-electron chi connectivity index (χ2n) is 7.96. The van der Waals surface area contributed by atoms with E-state index in [9.17, 15) is 13.5 Å². The Bertz CT molecular complexity index is 1400. The summed E-state index contributed by atoms with van der Waals surface area (Å²) in [5.74, 6) is 0.506. The molecular formula is C23H23Cl2N5O3S2. The number of piperazine rings is 1. The zero-order chi connectivity index (χ0) is 23.7. The summed E-state index contributed by atoms with van der Waals surface area (Å²) in [5.41, 5.74) is 1.58. The first-order chi connectivity index (χ1) is 16.5. The third-order valence-electron chi connectivity index (χ3n) is 5.82. The van der Waals surface area contributed by atoms with Gasteiger partial charge in [-0.3, -0.25) is 4.98 Å². The fourth-order valence-electron chi connectivity index (χ4n) is 4.07. The van der Waals surface area contributed by atoms with E-state index >= 15 is 0 Å². The summed E-state index contributed by atoms with van der Waals surface area (Å²) in [6.07, 6.45) is 5.54. The van der Waals surface area contributed by atoms with Crippen molar-refractivity contribution in [3.63, 3.8) is 0 Å². The summed E-state index contributed by atoms with van der Waals surface area (Å²) in [6, 6.07) is 12.4. The number of sulfonamides is 1. The van der Waals surface area contributed by atoms with Gasteiger partial charge < -0.3 is 10.0 Å². The fourth-order valence-corrected chi connectivity index (χ4v) is 7.37. The SMILES string of the molecule is Cl.O=S(=O)(c1cc2ccc(Cl)cc2s1)N1CCN(c2ncc(-c3ccccn3)cn2)C(CCO)C1. The molecule has 1 atom stereocenters. The van der Waals surface area contributed by atoms with Crippen molar-refractivity contribution >= 4 is 61.4 Å². The van der Waals surface area contributed by atoms with Gasteiger partial charge in [-0.05, 0) is 42.1 Å². The molecule has 1 N–H and O–H groups in total. The molecule has 184 valence electrons. The van der Waals surface area contributed by atoms with Crippen molar-refractivity contribution in [2.45, 2.75) is 16.7 Å². The van der Waals surface area contributed by atoms with Gasteiger partial charge in [0.1, 0.15) is 4.21 Å². The summed E-state index contributed by atoms with van der Waals surface area (Å²) in [6.45, 7) is 0.889. The lowest BCUT2D eigenvalue weighted by Crippen LogP contribution is -2.55. The van der Waals surface area contributed by atoms with E-state index in [1.54, 1.807) is 36.8 Å². The smallest absolute Gasteiger partial charge is 0.252 e. The number of aliphatic hydroxyl groups excluding tert-OH is 1. The highest BCUT2D eigenvalue weighted by Gasteiger charge is 2.36. The topological polar surface area (TPSA) is 99.5 Å². The fraction of sp³-hybridized carbons (Fsp3) is 0.261. The average molecular weight is 553 g/mol. The Hall–Kier alpha value is -2.34. The number of nitrogens with zero attached hydrogens (tertiary/aromatic N) is 5. The third kappa shape index (κ3) is 5.28. The number of hydrogen-bond acceptors (Lipinski definition) is 8. The molecular weight excluding hydrogens is 529 g/mol. The summed E-state index contributed by atoms with van der Waals surface area (Å²) in [5, 5.41) is 11.1. The van der Waals surface area contributed by atoms with Gasteiger partial charge in [-0.25, -0.2) is 18.4 Å². The highest BCUT2D eigenvalue weighted by molar-refractivity contribution is 7.91. The molecule has 4 aromatic rings.